The largest absolute Gasteiger partial charge is 0.380 e. The lowest BCUT2D eigenvalue weighted by atomic mass is 9.86. The zero-order valence-electron chi connectivity index (χ0n) is 13.9. The van der Waals surface area contributed by atoms with Crippen LogP contribution in [-0.2, 0) is 9.47 Å². The van der Waals surface area contributed by atoms with Gasteiger partial charge >= 0.3 is 0 Å². The van der Waals surface area contributed by atoms with Crippen molar-refractivity contribution in [3.63, 3.8) is 0 Å². The summed E-state index contributed by atoms with van der Waals surface area (Å²) in [5.41, 5.74) is 6.41. The first kappa shape index (κ1) is 17.2. The molecule has 124 valence electrons. The molecule has 2 fully saturated rings. The molecule has 0 bridgehead atoms. The minimum absolute atomic E-state index is 0.130. The summed E-state index contributed by atoms with van der Waals surface area (Å²) in [5, 5.41) is 0. The zero-order chi connectivity index (χ0) is 15.1. The quantitative estimate of drug-likeness (QED) is 0.608. The summed E-state index contributed by atoms with van der Waals surface area (Å²) in [6.07, 6.45) is 3.79. The first-order chi connectivity index (χ1) is 10.3. The van der Waals surface area contributed by atoms with Crippen LogP contribution in [0, 0.1) is 0 Å². The summed E-state index contributed by atoms with van der Waals surface area (Å²) < 4.78 is 11.2. The fourth-order valence-electron chi connectivity index (χ4n) is 4.14. The van der Waals surface area contributed by atoms with Gasteiger partial charge in [-0.2, -0.15) is 0 Å². The maximum atomic E-state index is 6.28. The number of nitrogens with two attached hydrogens (primary N) is 1. The first-order valence-corrected chi connectivity index (χ1v) is 8.63. The topological polar surface area (TPSA) is 51.0 Å². The van der Waals surface area contributed by atoms with E-state index < -0.39 is 0 Å². The molecular formula is C16H33N3O2. The summed E-state index contributed by atoms with van der Waals surface area (Å²) in [5.74, 6) is 0. The molecule has 0 saturated carbocycles. The molecule has 5 nitrogen and oxygen atoms in total. The van der Waals surface area contributed by atoms with Gasteiger partial charge in [-0.15, -0.1) is 0 Å². The van der Waals surface area contributed by atoms with E-state index in [0.717, 1.165) is 46.1 Å². The lowest BCUT2D eigenvalue weighted by molar-refractivity contribution is 0.00962. The predicted molar refractivity (Wildman–Crippen MR) is 85.6 cm³/mol. The summed E-state index contributed by atoms with van der Waals surface area (Å²) in [6, 6.07) is 0.630. The second-order valence-electron chi connectivity index (χ2n) is 6.13. The first-order valence-electron chi connectivity index (χ1n) is 8.63. The highest BCUT2D eigenvalue weighted by atomic mass is 16.5. The Morgan fingerprint density at radius 2 is 1.81 bits per heavy atom. The highest BCUT2D eigenvalue weighted by Crippen LogP contribution is 2.39. The molecule has 0 aliphatic carbocycles. The molecule has 2 saturated heterocycles. The molecule has 0 aromatic rings. The van der Waals surface area contributed by atoms with Crippen LogP contribution in [0.25, 0.3) is 0 Å². The van der Waals surface area contributed by atoms with E-state index in [1.54, 1.807) is 0 Å². The molecule has 2 aliphatic rings. The molecule has 2 unspecified atom stereocenters. The maximum Gasteiger partial charge on any atom is 0.0593 e. The Labute approximate surface area is 129 Å². The van der Waals surface area contributed by atoms with Crippen LogP contribution in [0.15, 0.2) is 0 Å². The van der Waals surface area contributed by atoms with Crippen LogP contribution >= 0.6 is 0 Å². The van der Waals surface area contributed by atoms with Crippen LogP contribution in [0.4, 0.5) is 0 Å². The number of rotatable bonds is 10. The van der Waals surface area contributed by atoms with Gasteiger partial charge in [0.25, 0.3) is 0 Å². The fraction of sp³-hybridized carbons (Fsp3) is 1.00. The predicted octanol–water partition coefficient (Wildman–Crippen LogP) is 0.927. The third-order valence-electron chi connectivity index (χ3n) is 5.22. The van der Waals surface area contributed by atoms with Crippen LogP contribution in [0.1, 0.15) is 33.1 Å². The average Bonchev–Trinajstić information content (AvgIpc) is 3.09. The molecule has 0 amide bonds. The summed E-state index contributed by atoms with van der Waals surface area (Å²) in [4.78, 5) is 5.20. The van der Waals surface area contributed by atoms with E-state index in [2.05, 4.69) is 23.6 Å². The van der Waals surface area contributed by atoms with Crippen molar-refractivity contribution >= 4 is 0 Å². The van der Waals surface area contributed by atoms with Crippen LogP contribution < -0.4 is 5.73 Å². The molecule has 0 radical (unpaired) electrons. The fourth-order valence-corrected chi connectivity index (χ4v) is 4.14. The number of fused-ring (bicyclic) bond motifs is 1. The van der Waals surface area contributed by atoms with Crippen molar-refractivity contribution in [3.05, 3.63) is 0 Å². The number of ether oxygens (including phenoxy) is 2. The Morgan fingerprint density at radius 3 is 2.38 bits per heavy atom. The van der Waals surface area contributed by atoms with E-state index in [9.17, 15) is 0 Å². The molecule has 2 heterocycles. The van der Waals surface area contributed by atoms with Gasteiger partial charge in [0.1, 0.15) is 0 Å². The molecule has 0 aromatic carbocycles. The number of hydrogen-bond acceptors (Lipinski definition) is 5. The number of nitrogens with zero attached hydrogens (tertiary/aromatic N) is 2. The van der Waals surface area contributed by atoms with Gasteiger partial charge in [0.2, 0.25) is 0 Å². The van der Waals surface area contributed by atoms with E-state index in [1.165, 1.54) is 32.4 Å². The summed E-state index contributed by atoms with van der Waals surface area (Å²) in [7, 11) is 0. The zero-order valence-corrected chi connectivity index (χ0v) is 13.9. The second-order valence-corrected chi connectivity index (χ2v) is 6.13. The second kappa shape index (κ2) is 8.44. The lowest BCUT2D eigenvalue weighted by Crippen LogP contribution is -2.61. The Balaban J connectivity index is 2.03. The number of hydrogen-bond donors (Lipinski definition) is 1. The van der Waals surface area contributed by atoms with E-state index in [-0.39, 0.29) is 5.54 Å². The minimum atomic E-state index is 0.130. The Kier molecular flexibility index (Phi) is 6.89. The van der Waals surface area contributed by atoms with Gasteiger partial charge in [0, 0.05) is 45.4 Å². The third-order valence-corrected chi connectivity index (χ3v) is 5.22. The van der Waals surface area contributed by atoms with Crippen molar-refractivity contribution in [2.24, 2.45) is 5.73 Å². The van der Waals surface area contributed by atoms with E-state index in [4.69, 9.17) is 15.2 Å². The maximum absolute atomic E-state index is 6.28. The molecule has 2 atom stereocenters. The highest BCUT2D eigenvalue weighted by molar-refractivity contribution is 5.09. The van der Waals surface area contributed by atoms with Crippen molar-refractivity contribution in [2.75, 3.05) is 59.2 Å². The standard InChI is InChI=1S/C16H33N3O2/c1-3-20-12-10-19(11-13-21-4-2)16(14-17)7-9-18-8-5-6-15(16)18/h15H,3-14,17H2,1-2H3. The van der Waals surface area contributed by atoms with Gasteiger partial charge in [0.15, 0.2) is 0 Å². The Hall–Kier alpha value is -0.200. The van der Waals surface area contributed by atoms with Gasteiger partial charge in [-0.25, -0.2) is 0 Å². The Bertz CT molecular complexity index is 293. The van der Waals surface area contributed by atoms with Crippen molar-refractivity contribution in [1.29, 1.82) is 0 Å². The molecular weight excluding hydrogens is 266 g/mol. The minimum Gasteiger partial charge on any atom is -0.380 e. The monoisotopic (exact) mass is 299 g/mol. The molecule has 21 heavy (non-hydrogen) atoms. The summed E-state index contributed by atoms with van der Waals surface area (Å²) >= 11 is 0. The smallest absolute Gasteiger partial charge is 0.0593 e. The van der Waals surface area contributed by atoms with Crippen LogP contribution in [0.5, 0.6) is 0 Å². The van der Waals surface area contributed by atoms with Crippen molar-refractivity contribution < 1.29 is 9.47 Å². The van der Waals surface area contributed by atoms with Gasteiger partial charge in [-0.1, -0.05) is 0 Å². The SMILES string of the molecule is CCOCCN(CCOCC)C1(CN)CCN2CCCC21. The third kappa shape index (κ3) is 3.77. The normalized spacial score (nSPS) is 29.4. The van der Waals surface area contributed by atoms with Gasteiger partial charge < -0.3 is 15.2 Å². The highest BCUT2D eigenvalue weighted by Gasteiger charge is 2.51. The van der Waals surface area contributed by atoms with Crippen molar-refractivity contribution in [2.45, 2.75) is 44.7 Å². The Morgan fingerprint density at radius 1 is 1.14 bits per heavy atom. The van der Waals surface area contributed by atoms with Gasteiger partial charge in [0.05, 0.1) is 18.8 Å². The molecule has 2 aliphatic heterocycles. The van der Waals surface area contributed by atoms with E-state index in [1.807, 2.05) is 0 Å². The molecule has 2 N–H and O–H groups in total. The van der Waals surface area contributed by atoms with Gasteiger partial charge in [-0.3, -0.25) is 9.80 Å². The molecule has 2 rings (SSSR count). The van der Waals surface area contributed by atoms with E-state index >= 15 is 0 Å². The van der Waals surface area contributed by atoms with Gasteiger partial charge in [-0.05, 0) is 39.7 Å². The van der Waals surface area contributed by atoms with Crippen molar-refractivity contribution in [3.8, 4) is 0 Å². The van der Waals surface area contributed by atoms with Crippen LogP contribution in [0.2, 0.25) is 0 Å². The molecule has 0 spiro atoms. The molecule has 0 aromatic heterocycles. The lowest BCUT2D eigenvalue weighted by Gasteiger charge is -2.44. The molecule has 5 heteroatoms. The van der Waals surface area contributed by atoms with Crippen molar-refractivity contribution in [1.82, 2.24) is 9.80 Å². The van der Waals surface area contributed by atoms with Crippen LogP contribution in [-0.4, -0.2) is 80.5 Å². The summed E-state index contributed by atoms with van der Waals surface area (Å²) in [6.45, 7) is 12.4. The van der Waals surface area contributed by atoms with Crippen LogP contribution in [0.3, 0.4) is 0 Å². The van der Waals surface area contributed by atoms with E-state index in [0.29, 0.717) is 6.04 Å². The average molecular weight is 299 g/mol.